The van der Waals surface area contributed by atoms with E-state index in [-0.39, 0.29) is 22.4 Å². The second kappa shape index (κ2) is 5.65. The maximum Gasteiger partial charge on any atom is 0.302 e. The normalized spacial score (nSPS) is 11.0. The van der Waals surface area contributed by atoms with Crippen molar-refractivity contribution in [3.05, 3.63) is 75.1 Å². The number of fused-ring (bicyclic) bond motifs is 2. The maximum absolute atomic E-state index is 12.5. The van der Waals surface area contributed by atoms with Crippen molar-refractivity contribution in [3.63, 3.8) is 0 Å². The fourth-order valence-electron chi connectivity index (χ4n) is 2.43. The second-order valence-electron chi connectivity index (χ2n) is 5.20. The third-order valence-electron chi connectivity index (χ3n) is 3.60. The van der Waals surface area contributed by atoms with Crippen molar-refractivity contribution in [2.45, 2.75) is 0 Å². The van der Waals surface area contributed by atoms with Gasteiger partial charge in [0.15, 0.2) is 5.76 Å². The Morgan fingerprint density at radius 1 is 0.958 bits per heavy atom. The third-order valence-corrected chi connectivity index (χ3v) is 4.13. The predicted octanol–water partition coefficient (Wildman–Crippen LogP) is 4.55. The lowest BCUT2D eigenvalue weighted by molar-refractivity contribution is 0.0997. The van der Waals surface area contributed by atoms with Crippen LogP contribution < -0.4 is 10.7 Å². The molecule has 0 spiro atoms. The quantitative estimate of drug-likeness (QED) is 0.550. The number of hydrogen-bond donors (Lipinski definition) is 1. The highest BCUT2D eigenvalue weighted by atomic mass is 79.9. The highest BCUT2D eigenvalue weighted by Gasteiger charge is 2.17. The summed E-state index contributed by atoms with van der Waals surface area (Å²) >= 11 is 3.33. The molecule has 6 heteroatoms. The molecule has 0 atom stereocenters. The summed E-state index contributed by atoms with van der Waals surface area (Å²) in [5, 5.41) is 3.40. The Balaban J connectivity index is 1.75. The summed E-state index contributed by atoms with van der Waals surface area (Å²) in [6.07, 6.45) is 0. The van der Waals surface area contributed by atoms with Gasteiger partial charge in [-0.2, -0.15) is 0 Å². The van der Waals surface area contributed by atoms with Gasteiger partial charge in [0.2, 0.25) is 5.43 Å². The molecule has 0 fully saturated rings. The first-order valence-electron chi connectivity index (χ1n) is 7.14. The Bertz CT molecular complexity index is 1130. The highest BCUT2D eigenvalue weighted by Crippen LogP contribution is 2.22. The lowest BCUT2D eigenvalue weighted by Crippen LogP contribution is -2.10. The van der Waals surface area contributed by atoms with Crippen molar-refractivity contribution in [1.82, 2.24) is 0 Å². The Morgan fingerprint density at radius 2 is 1.71 bits per heavy atom. The van der Waals surface area contributed by atoms with Crippen LogP contribution >= 0.6 is 15.9 Å². The molecule has 0 aliphatic heterocycles. The van der Waals surface area contributed by atoms with E-state index in [1.165, 1.54) is 6.07 Å². The van der Waals surface area contributed by atoms with Crippen LogP contribution in [0, 0.1) is 0 Å². The number of amides is 1. The summed E-state index contributed by atoms with van der Waals surface area (Å²) in [5.74, 6) is -0.393. The summed E-state index contributed by atoms with van der Waals surface area (Å²) in [6, 6.07) is 15.4. The van der Waals surface area contributed by atoms with Gasteiger partial charge in [0, 0.05) is 16.2 Å². The van der Waals surface area contributed by atoms with Crippen LogP contribution in [0.2, 0.25) is 0 Å². The second-order valence-corrected chi connectivity index (χ2v) is 6.12. The van der Waals surface area contributed by atoms with E-state index in [1.807, 2.05) is 12.1 Å². The number of rotatable bonds is 2. The molecule has 4 rings (SSSR count). The monoisotopic (exact) mass is 383 g/mol. The van der Waals surface area contributed by atoms with E-state index in [2.05, 4.69) is 21.2 Å². The molecular formula is C18H10BrNO4. The SMILES string of the molecule is O=C(Nc1ccc(Br)cc1)c1cc2c(=O)c3ccccc3oc2o1. The van der Waals surface area contributed by atoms with Crippen molar-refractivity contribution in [1.29, 1.82) is 0 Å². The standard InChI is InChI=1S/C18H10BrNO4/c19-10-5-7-11(8-6-10)20-17(22)15-9-13-16(21)12-3-1-2-4-14(12)23-18(13)24-15/h1-9H,(H,20,22). The van der Waals surface area contributed by atoms with Gasteiger partial charge in [0.05, 0.1) is 5.39 Å². The van der Waals surface area contributed by atoms with Gasteiger partial charge in [0.1, 0.15) is 11.0 Å². The van der Waals surface area contributed by atoms with Gasteiger partial charge in [0.25, 0.3) is 5.91 Å². The average molecular weight is 384 g/mol. The summed E-state index contributed by atoms with van der Waals surface area (Å²) in [4.78, 5) is 24.8. The molecule has 0 saturated carbocycles. The number of anilines is 1. The summed E-state index contributed by atoms with van der Waals surface area (Å²) in [5.41, 5.74) is 0.815. The van der Waals surface area contributed by atoms with Crippen LogP contribution in [-0.4, -0.2) is 5.91 Å². The van der Waals surface area contributed by atoms with E-state index in [0.717, 1.165) is 4.47 Å². The number of carbonyl (C=O) groups excluding carboxylic acids is 1. The molecular weight excluding hydrogens is 374 g/mol. The molecule has 0 aliphatic rings. The van der Waals surface area contributed by atoms with Gasteiger partial charge >= 0.3 is 5.78 Å². The molecule has 118 valence electrons. The zero-order chi connectivity index (χ0) is 16.7. The predicted molar refractivity (Wildman–Crippen MR) is 94.4 cm³/mol. The summed E-state index contributed by atoms with van der Waals surface area (Å²) < 4.78 is 11.9. The number of furan rings is 1. The Labute approximate surface area is 144 Å². The van der Waals surface area contributed by atoms with Gasteiger partial charge in [-0.05, 0) is 36.4 Å². The van der Waals surface area contributed by atoms with Crippen LogP contribution in [0.3, 0.4) is 0 Å². The van der Waals surface area contributed by atoms with E-state index in [9.17, 15) is 9.59 Å². The summed E-state index contributed by atoms with van der Waals surface area (Å²) in [6.45, 7) is 0. The minimum absolute atomic E-state index is 0.0177. The maximum atomic E-state index is 12.5. The van der Waals surface area contributed by atoms with E-state index in [1.54, 1.807) is 36.4 Å². The first kappa shape index (κ1) is 14.7. The Kier molecular flexibility index (Phi) is 3.46. The van der Waals surface area contributed by atoms with Gasteiger partial charge in [-0.3, -0.25) is 9.59 Å². The fraction of sp³-hybridized carbons (Fsp3) is 0. The zero-order valence-electron chi connectivity index (χ0n) is 12.2. The average Bonchev–Trinajstić information content (AvgIpc) is 3.02. The van der Waals surface area contributed by atoms with Crippen molar-refractivity contribution in [3.8, 4) is 0 Å². The molecule has 24 heavy (non-hydrogen) atoms. The van der Waals surface area contributed by atoms with Crippen molar-refractivity contribution < 1.29 is 13.6 Å². The number of benzene rings is 2. The molecule has 2 aromatic heterocycles. The first-order chi connectivity index (χ1) is 11.6. The number of nitrogens with one attached hydrogen (secondary N) is 1. The molecule has 0 saturated heterocycles. The number of para-hydroxylation sites is 1. The van der Waals surface area contributed by atoms with Crippen LogP contribution in [0.4, 0.5) is 5.69 Å². The molecule has 0 unspecified atom stereocenters. The molecule has 1 N–H and O–H groups in total. The Morgan fingerprint density at radius 3 is 2.50 bits per heavy atom. The molecule has 0 bridgehead atoms. The van der Waals surface area contributed by atoms with Crippen LogP contribution in [-0.2, 0) is 0 Å². The summed E-state index contributed by atoms with van der Waals surface area (Å²) in [7, 11) is 0. The largest absolute Gasteiger partial charge is 0.425 e. The molecule has 0 radical (unpaired) electrons. The third kappa shape index (κ3) is 2.51. The van der Waals surface area contributed by atoms with Crippen molar-refractivity contribution >= 4 is 49.7 Å². The van der Waals surface area contributed by atoms with E-state index in [4.69, 9.17) is 8.83 Å². The van der Waals surface area contributed by atoms with Crippen LogP contribution in [0.15, 0.2) is 72.7 Å². The minimum atomic E-state index is -0.452. The first-order valence-corrected chi connectivity index (χ1v) is 7.93. The Hall–Kier alpha value is -2.86. The lowest BCUT2D eigenvalue weighted by Gasteiger charge is -2.02. The van der Waals surface area contributed by atoms with Crippen LogP contribution in [0.5, 0.6) is 0 Å². The van der Waals surface area contributed by atoms with Gasteiger partial charge < -0.3 is 14.2 Å². The van der Waals surface area contributed by atoms with Crippen LogP contribution in [0.25, 0.3) is 22.1 Å². The van der Waals surface area contributed by atoms with Gasteiger partial charge in [-0.1, -0.05) is 28.1 Å². The molecule has 4 aromatic rings. The van der Waals surface area contributed by atoms with Gasteiger partial charge in [-0.25, -0.2) is 0 Å². The fourth-order valence-corrected chi connectivity index (χ4v) is 2.70. The number of carbonyl (C=O) groups is 1. The van der Waals surface area contributed by atoms with E-state index >= 15 is 0 Å². The van der Waals surface area contributed by atoms with E-state index < -0.39 is 5.91 Å². The lowest BCUT2D eigenvalue weighted by atomic mass is 10.2. The molecule has 5 nitrogen and oxygen atoms in total. The molecule has 1 amide bonds. The topological polar surface area (TPSA) is 72.5 Å². The highest BCUT2D eigenvalue weighted by molar-refractivity contribution is 9.10. The smallest absolute Gasteiger partial charge is 0.302 e. The van der Waals surface area contributed by atoms with Crippen molar-refractivity contribution in [2.75, 3.05) is 5.32 Å². The molecule has 0 aliphatic carbocycles. The van der Waals surface area contributed by atoms with Gasteiger partial charge in [-0.15, -0.1) is 0 Å². The van der Waals surface area contributed by atoms with E-state index in [0.29, 0.717) is 16.7 Å². The number of halogens is 1. The minimum Gasteiger partial charge on any atom is -0.425 e. The number of hydrogen-bond acceptors (Lipinski definition) is 4. The molecule has 2 heterocycles. The zero-order valence-corrected chi connectivity index (χ0v) is 13.8. The van der Waals surface area contributed by atoms with Crippen LogP contribution in [0.1, 0.15) is 10.6 Å². The molecule has 2 aromatic carbocycles. The van der Waals surface area contributed by atoms with Crippen molar-refractivity contribution in [2.24, 2.45) is 0 Å².